The molecule has 20 heavy (non-hydrogen) atoms. The molecule has 1 aliphatic carbocycles. The lowest BCUT2D eigenvalue weighted by atomic mass is 9.79. The molecule has 0 aromatic heterocycles. The standard InChI is InChI=1S/C17H32N2O/c1-3-4-5-14-6-8-15(9-7-14)17(20)19(2)16-10-12-18-13-11-16/h14-16,18H,3-13H2,1-2H3. The maximum atomic E-state index is 12.6. The molecule has 1 saturated carbocycles. The Morgan fingerprint density at radius 3 is 2.35 bits per heavy atom. The number of nitrogens with one attached hydrogen (secondary N) is 1. The molecule has 0 bridgehead atoms. The highest BCUT2D eigenvalue weighted by molar-refractivity contribution is 5.79. The average molecular weight is 280 g/mol. The number of hydrogen-bond donors (Lipinski definition) is 1. The van der Waals surface area contributed by atoms with Crippen LogP contribution in [-0.2, 0) is 4.79 Å². The fraction of sp³-hybridized carbons (Fsp3) is 0.941. The lowest BCUT2D eigenvalue weighted by Gasteiger charge is -2.36. The van der Waals surface area contributed by atoms with Crippen LogP contribution in [0.25, 0.3) is 0 Å². The van der Waals surface area contributed by atoms with Crippen LogP contribution in [0.5, 0.6) is 0 Å². The van der Waals surface area contributed by atoms with Crippen LogP contribution in [-0.4, -0.2) is 37.0 Å². The minimum atomic E-state index is 0.313. The summed E-state index contributed by atoms with van der Waals surface area (Å²) in [5, 5.41) is 3.38. The van der Waals surface area contributed by atoms with E-state index in [-0.39, 0.29) is 0 Å². The fourth-order valence-electron chi connectivity index (χ4n) is 3.85. The summed E-state index contributed by atoms with van der Waals surface area (Å²) in [6.45, 7) is 4.39. The molecule has 0 radical (unpaired) electrons. The van der Waals surface area contributed by atoms with Crippen LogP contribution in [0.3, 0.4) is 0 Å². The normalized spacial score (nSPS) is 28.3. The molecular weight excluding hydrogens is 248 g/mol. The van der Waals surface area contributed by atoms with Gasteiger partial charge in [0.15, 0.2) is 0 Å². The second-order valence-corrected chi connectivity index (χ2v) is 6.79. The summed E-state index contributed by atoms with van der Waals surface area (Å²) in [7, 11) is 2.03. The molecule has 1 saturated heterocycles. The largest absolute Gasteiger partial charge is 0.342 e. The Bertz CT molecular complexity index is 291. The van der Waals surface area contributed by atoms with E-state index in [0.717, 1.165) is 44.7 Å². The zero-order chi connectivity index (χ0) is 14.4. The molecule has 2 aliphatic rings. The van der Waals surface area contributed by atoms with E-state index >= 15 is 0 Å². The van der Waals surface area contributed by atoms with Gasteiger partial charge in [-0.05, 0) is 57.5 Å². The first kappa shape index (κ1) is 15.8. The summed E-state index contributed by atoms with van der Waals surface area (Å²) in [4.78, 5) is 14.7. The number of unbranched alkanes of at least 4 members (excludes halogenated alkanes) is 1. The molecule has 1 amide bonds. The van der Waals surface area contributed by atoms with E-state index in [2.05, 4.69) is 17.1 Å². The average Bonchev–Trinajstić information content (AvgIpc) is 2.53. The van der Waals surface area contributed by atoms with Gasteiger partial charge in [0.25, 0.3) is 0 Å². The second-order valence-electron chi connectivity index (χ2n) is 6.79. The van der Waals surface area contributed by atoms with Crippen molar-refractivity contribution in [3.05, 3.63) is 0 Å². The first-order valence-corrected chi connectivity index (χ1v) is 8.69. The van der Waals surface area contributed by atoms with E-state index in [1.165, 1.54) is 32.1 Å². The van der Waals surface area contributed by atoms with Crippen molar-refractivity contribution in [2.24, 2.45) is 11.8 Å². The summed E-state index contributed by atoms with van der Waals surface area (Å²) in [5.74, 6) is 1.63. The highest BCUT2D eigenvalue weighted by Gasteiger charge is 2.30. The zero-order valence-corrected chi connectivity index (χ0v) is 13.4. The van der Waals surface area contributed by atoms with Gasteiger partial charge in [0.2, 0.25) is 5.91 Å². The molecule has 3 nitrogen and oxygen atoms in total. The van der Waals surface area contributed by atoms with E-state index < -0.39 is 0 Å². The van der Waals surface area contributed by atoms with Crippen LogP contribution < -0.4 is 5.32 Å². The molecule has 2 rings (SSSR count). The number of rotatable bonds is 5. The first-order chi connectivity index (χ1) is 9.72. The molecule has 0 spiro atoms. The van der Waals surface area contributed by atoms with Crippen LogP contribution in [0.4, 0.5) is 0 Å². The van der Waals surface area contributed by atoms with Gasteiger partial charge < -0.3 is 10.2 Å². The fourth-order valence-corrected chi connectivity index (χ4v) is 3.85. The number of nitrogens with zero attached hydrogens (tertiary/aromatic N) is 1. The Morgan fingerprint density at radius 1 is 1.10 bits per heavy atom. The van der Waals surface area contributed by atoms with E-state index in [0.29, 0.717) is 17.9 Å². The summed E-state index contributed by atoms with van der Waals surface area (Å²) >= 11 is 0. The van der Waals surface area contributed by atoms with Crippen molar-refractivity contribution >= 4 is 5.91 Å². The van der Waals surface area contributed by atoms with Crippen molar-refractivity contribution in [1.29, 1.82) is 0 Å². The van der Waals surface area contributed by atoms with Crippen molar-refractivity contribution in [3.8, 4) is 0 Å². The first-order valence-electron chi connectivity index (χ1n) is 8.69. The molecule has 1 heterocycles. The van der Waals surface area contributed by atoms with Gasteiger partial charge in [0.05, 0.1) is 0 Å². The molecular formula is C17H32N2O. The molecule has 1 N–H and O–H groups in total. The second kappa shape index (κ2) is 8.02. The minimum absolute atomic E-state index is 0.313. The third-order valence-corrected chi connectivity index (χ3v) is 5.37. The quantitative estimate of drug-likeness (QED) is 0.839. The predicted octanol–water partition coefficient (Wildman–Crippen LogP) is 3.19. The lowest BCUT2D eigenvalue weighted by Crippen LogP contribution is -2.46. The molecule has 0 atom stereocenters. The van der Waals surface area contributed by atoms with E-state index in [9.17, 15) is 4.79 Å². The third-order valence-electron chi connectivity index (χ3n) is 5.37. The maximum Gasteiger partial charge on any atom is 0.225 e. The Labute approximate surface area is 124 Å². The summed E-state index contributed by atoms with van der Waals surface area (Å²) < 4.78 is 0. The van der Waals surface area contributed by atoms with Gasteiger partial charge in [-0.1, -0.05) is 26.2 Å². The Balaban J connectivity index is 1.75. The molecule has 0 aromatic rings. The van der Waals surface area contributed by atoms with Gasteiger partial charge in [-0.2, -0.15) is 0 Å². The van der Waals surface area contributed by atoms with Crippen molar-refractivity contribution in [1.82, 2.24) is 10.2 Å². The van der Waals surface area contributed by atoms with E-state index in [1.807, 2.05) is 7.05 Å². The zero-order valence-electron chi connectivity index (χ0n) is 13.4. The predicted molar refractivity (Wildman–Crippen MR) is 83.6 cm³/mol. The van der Waals surface area contributed by atoms with Gasteiger partial charge >= 0.3 is 0 Å². The Kier molecular flexibility index (Phi) is 6.34. The van der Waals surface area contributed by atoms with Crippen LogP contribution in [0.15, 0.2) is 0 Å². The smallest absolute Gasteiger partial charge is 0.225 e. The van der Waals surface area contributed by atoms with Crippen molar-refractivity contribution in [3.63, 3.8) is 0 Å². The number of carbonyl (C=O) groups excluding carboxylic acids is 1. The molecule has 2 fully saturated rings. The van der Waals surface area contributed by atoms with Crippen LogP contribution in [0.1, 0.15) is 64.7 Å². The van der Waals surface area contributed by atoms with Crippen LogP contribution in [0.2, 0.25) is 0 Å². The third kappa shape index (κ3) is 4.21. The number of carbonyl (C=O) groups is 1. The van der Waals surface area contributed by atoms with Gasteiger partial charge in [0.1, 0.15) is 0 Å². The molecule has 1 aliphatic heterocycles. The van der Waals surface area contributed by atoms with Crippen molar-refractivity contribution < 1.29 is 4.79 Å². The molecule has 0 aromatic carbocycles. The van der Waals surface area contributed by atoms with Crippen LogP contribution >= 0.6 is 0 Å². The Hall–Kier alpha value is -0.570. The summed E-state index contributed by atoms with van der Waals surface area (Å²) in [6.07, 6.45) is 11.1. The topological polar surface area (TPSA) is 32.3 Å². The maximum absolute atomic E-state index is 12.6. The van der Waals surface area contributed by atoms with Crippen molar-refractivity contribution in [2.75, 3.05) is 20.1 Å². The van der Waals surface area contributed by atoms with E-state index in [1.54, 1.807) is 0 Å². The number of piperidine rings is 1. The highest BCUT2D eigenvalue weighted by Crippen LogP contribution is 2.33. The minimum Gasteiger partial charge on any atom is -0.342 e. The summed E-state index contributed by atoms with van der Waals surface area (Å²) in [5.41, 5.74) is 0. The summed E-state index contributed by atoms with van der Waals surface area (Å²) in [6, 6.07) is 0.474. The number of amides is 1. The van der Waals surface area contributed by atoms with E-state index in [4.69, 9.17) is 0 Å². The van der Waals surface area contributed by atoms with Gasteiger partial charge in [-0.15, -0.1) is 0 Å². The Morgan fingerprint density at radius 2 is 1.75 bits per heavy atom. The van der Waals surface area contributed by atoms with Crippen molar-refractivity contribution in [2.45, 2.75) is 70.8 Å². The monoisotopic (exact) mass is 280 g/mol. The number of hydrogen-bond acceptors (Lipinski definition) is 2. The molecule has 3 heteroatoms. The van der Waals surface area contributed by atoms with Gasteiger partial charge in [0, 0.05) is 19.0 Å². The lowest BCUT2D eigenvalue weighted by molar-refractivity contribution is -0.138. The molecule has 116 valence electrons. The SMILES string of the molecule is CCCCC1CCC(C(=O)N(C)C2CCNCC2)CC1. The molecule has 0 unspecified atom stereocenters. The van der Waals surface area contributed by atoms with Crippen LogP contribution in [0, 0.1) is 11.8 Å². The highest BCUT2D eigenvalue weighted by atomic mass is 16.2. The van der Waals surface area contributed by atoms with Gasteiger partial charge in [-0.25, -0.2) is 0 Å². The van der Waals surface area contributed by atoms with Gasteiger partial charge in [-0.3, -0.25) is 4.79 Å².